The molecular formula is C37H40F2N3O8PS. The molecule has 2 aliphatic heterocycles. The lowest BCUT2D eigenvalue weighted by molar-refractivity contribution is -0.150. The number of nitrogens with one attached hydrogen (secondary N) is 1. The zero-order chi connectivity index (χ0) is 37.4. The maximum atomic E-state index is 14.6. The second-order valence-electron chi connectivity index (χ2n) is 14.1. The van der Waals surface area contributed by atoms with Crippen LogP contribution in [0.2, 0.25) is 0 Å². The summed E-state index contributed by atoms with van der Waals surface area (Å²) in [5.41, 5.74) is -5.18. The predicted octanol–water partition coefficient (Wildman–Crippen LogP) is 5.92. The van der Waals surface area contributed by atoms with Gasteiger partial charge in [0.05, 0.1) is 24.6 Å². The molecule has 3 N–H and O–H groups in total. The van der Waals surface area contributed by atoms with Gasteiger partial charge < -0.3 is 34.4 Å². The summed E-state index contributed by atoms with van der Waals surface area (Å²) < 4.78 is 53.0. The molecule has 6 rings (SSSR count). The highest BCUT2D eigenvalue weighted by Crippen LogP contribution is 2.59. The largest absolute Gasteiger partial charge is 0.488 e. The Hall–Kier alpha value is -4.20. The molecular weight excluding hydrogens is 715 g/mol. The highest BCUT2D eigenvalue weighted by atomic mass is 32.1. The standard InChI is InChI=1S/C37H40F2N3O8PS/c1-36(2,3)32(40-33(43)31-19-24-18-25(14-15-30(24)52-31)37(38,39)51(46,47)48)35(45)42-21-27(50-26-12-8-5-9-13-26)20-28(42)34(44)41-16-17-49-29(22-41)23-10-6-4-7-11-23/h4-15,18-19,27-29,32H,16-17,20-22H2,1-3H3,(H,40,43)(H2,46,47,48)/t27-,28-,29-,32+/m0/s1. The summed E-state index contributed by atoms with van der Waals surface area (Å²) in [5, 5.41) is 3.02. The van der Waals surface area contributed by atoms with Crippen molar-refractivity contribution in [1.82, 2.24) is 15.1 Å². The number of morpholine rings is 1. The van der Waals surface area contributed by atoms with E-state index in [0.717, 1.165) is 29.0 Å². The first kappa shape index (κ1) is 37.6. The molecule has 0 bridgehead atoms. The molecule has 4 atom stereocenters. The molecule has 2 fully saturated rings. The second-order valence-corrected chi connectivity index (χ2v) is 16.8. The Labute approximate surface area is 303 Å². The third-order valence-electron chi connectivity index (χ3n) is 9.27. The fourth-order valence-corrected chi connectivity index (χ4v) is 7.93. The van der Waals surface area contributed by atoms with Crippen molar-refractivity contribution in [3.63, 3.8) is 0 Å². The smallest absolute Gasteiger partial charge is 0.399 e. The number of para-hydroxylation sites is 1. The molecule has 0 aliphatic carbocycles. The Morgan fingerprint density at radius 1 is 0.981 bits per heavy atom. The number of carbonyl (C=O) groups is 3. The molecule has 2 saturated heterocycles. The number of ether oxygens (including phenoxy) is 2. The molecule has 0 unspecified atom stereocenters. The van der Waals surface area contributed by atoms with Gasteiger partial charge in [-0.2, -0.15) is 8.78 Å². The first-order valence-corrected chi connectivity index (χ1v) is 19.2. The average Bonchev–Trinajstić information content (AvgIpc) is 3.74. The number of benzene rings is 3. The number of nitrogens with zero attached hydrogens (tertiary/aromatic N) is 2. The highest BCUT2D eigenvalue weighted by molar-refractivity contribution is 7.52. The minimum Gasteiger partial charge on any atom is -0.488 e. The molecule has 11 nitrogen and oxygen atoms in total. The van der Waals surface area contributed by atoms with Crippen LogP contribution in [0.1, 0.15) is 54.1 Å². The van der Waals surface area contributed by atoms with E-state index >= 15 is 0 Å². The van der Waals surface area contributed by atoms with E-state index in [4.69, 9.17) is 9.47 Å². The van der Waals surface area contributed by atoms with E-state index in [1.807, 2.05) is 48.5 Å². The third-order valence-corrected chi connectivity index (χ3v) is 11.4. The van der Waals surface area contributed by atoms with E-state index in [9.17, 15) is 37.5 Å². The van der Waals surface area contributed by atoms with Gasteiger partial charge in [-0.3, -0.25) is 18.9 Å². The molecule has 276 valence electrons. The Bertz CT molecular complexity index is 1980. The lowest BCUT2D eigenvalue weighted by atomic mass is 9.85. The maximum Gasteiger partial charge on any atom is 0.399 e. The van der Waals surface area contributed by atoms with Crippen LogP contribution in [0.4, 0.5) is 8.78 Å². The number of halogens is 2. The fourth-order valence-electron chi connectivity index (χ4n) is 6.51. The van der Waals surface area contributed by atoms with Crippen LogP contribution < -0.4 is 10.1 Å². The summed E-state index contributed by atoms with van der Waals surface area (Å²) >= 11 is 0.984. The van der Waals surface area contributed by atoms with Crippen LogP contribution in [0.15, 0.2) is 84.9 Å². The van der Waals surface area contributed by atoms with E-state index in [2.05, 4.69) is 5.32 Å². The van der Waals surface area contributed by atoms with Gasteiger partial charge in [0, 0.05) is 23.2 Å². The molecule has 1 aromatic heterocycles. The van der Waals surface area contributed by atoms with Gasteiger partial charge in [-0.15, -0.1) is 11.3 Å². The Balaban J connectivity index is 1.25. The summed E-state index contributed by atoms with van der Waals surface area (Å²) in [6, 6.07) is 21.2. The van der Waals surface area contributed by atoms with Crippen molar-refractivity contribution in [3.8, 4) is 5.75 Å². The van der Waals surface area contributed by atoms with Crippen molar-refractivity contribution in [2.45, 2.75) is 57.1 Å². The molecule has 3 heterocycles. The monoisotopic (exact) mass is 755 g/mol. The van der Waals surface area contributed by atoms with Gasteiger partial charge in [0.2, 0.25) is 11.8 Å². The third kappa shape index (κ3) is 7.91. The number of carbonyl (C=O) groups excluding carboxylic acids is 3. The van der Waals surface area contributed by atoms with Gasteiger partial charge in [0.25, 0.3) is 5.91 Å². The number of amides is 3. The van der Waals surface area contributed by atoms with E-state index in [1.165, 1.54) is 17.0 Å². The van der Waals surface area contributed by atoms with E-state index in [0.29, 0.717) is 30.1 Å². The number of thiophene rings is 1. The van der Waals surface area contributed by atoms with Crippen LogP contribution in [-0.2, 0) is 24.6 Å². The summed E-state index contributed by atoms with van der Waals surface area (Å²) in [4.78, 5) is 64.3. The van der Waals surface area contributed by atoms with Crippen molar-refractivity contribution < 1.29 is 47.0 Å². The summed E-state index contributed by atoms with van der Waals surface area (Å²) in [6.07, 6.45) is -0.608. The number of likely N-dealkylation sites (tertiary alicyclic amines) is 1. The zero-order valence-corrected chi connectivity index (χ0v) is 30.5. The van der Waals surface area contributed by atoms with Crippen molar-refractivity contribution >= 4 is 46.7 Å². The number of hydrogen-bond donors (Lipinski definition) is 3. The Morgan fingerprint density at radius 2 is 1.65 bits per heavy atom. The molecule has 2 aliphatic rings. The van der Waals surface area contributed by atoms with Gasteiger partial charge >= 0.3 is 13.3 Å². The topological polar surface area (TPSA) is 146 Å². The molecule has 4 aromatic rings. The van der Waals surface area contributed by atoms with Crippen LogP contribution in [0.5, 0.6) is 5.75 Å². The normalized spacial score (nSPS) is 20.5. The van der Waals surface area contributed by atoms with Crippen LogP contribution >= 0.6 is 18.9 Å². The predicted molar refractivity (Wildman–Crippen MR) is 191 cm³/mol. The molecule has 15 heteroatoms. The Morgan fingerprint density at radius 3 is 2.31 bits per heavy atom. The van der Waals surface area contributed by atoms with E-state index < -0.39 is 54.2 Å². The van der Waals surface area contributed by atoms with Gasteiger partial charge in [-0.05, 0) is 46.7 Å². The van der Waals surface area contributed by atoms with E-state index in [1.54, 1.807) is 37.8 Å². The first-order chi connectivity index (χ1) is 24.5. The number of alkyl halides is 2. The van der Waals surface area contributed by atoms with Gasteiger partial charge in [-0.25, -0.2) is 0 Å². The van der Waals surface area contributed by atoms with Crippen LogP contribution in [0.25, 0.3) is 10.1 Å². The van der Waals surface area contributed by atoms with Gasteiger partial charge in [-0.1, -0.05) is 75.4 Å². The molecule has 0 radical (unpaired) electrons. The number of fused-ring (bicyclic) bond motifs is 1. The number of hydrogen-bond acceptors (Lipinski definition) is 7. The first-order valence-electron chi connectivity index (χ1n) is 16.8. The highest BCUT2D eigenvalue weighted by Gasteiger charge is 2.51. The maximum absolute atomic E-state index is 14.6. The summed E-state index contributed by atoms with van der Waals surface area (Å²) in [6.45, 7) is 6.43. The second kappa shape index (κ2) is 14.7. The molecule has 0 spiro atoms. The van der Waals surface area contributed by atoms with Crippen molar-refractivity contribution in [2.24, 2.45) is 5.41 Å². The van der Waals surface area contributed by atoms with Crippen LogP contribution in [0, 0.1) is 5.41 Å². The van der Waals surface area contributed by atoms with Crippen LogP contribution in [0.3, 0.4) is 0 Å². The van der Waals surface area contributed by atoms with Crippen LogP contribution in [-0.4, -0.2) is 81.7 Å². The molecule has 0 saturated carbocycles. The number of rotatable bonds is 9. The SMILES string of the molecule is CC(C)(C)[C@H](NC(=O)c1cc2cc(C(F)(F)P(=O)(O)O)ccc2s1)C(=O)N1C[C@@H](Oc2ccccc2)C[C@H]1C(=O)N1CCO[C@H](c2ccccc2)C1. The molecule has 52 heavy (non-hydrogen) atoms. The van der Waals surface area contributed by atoms with Crippen molar-refractivity contribution in [1.29, 1.82) is 0 Å². The minimum absolute atomic E-state index is 0.0957. The Kier molecular flexibility index (Phi) is 10.6. The molecule has 3 aromatic carbocycles. The van der Waals surface area contributed by atoms with Crippen molar-refractivity contribution in [3.05, 3.63) is 101 Å². The lowest BCUT2D eigenvalue weighted by Crippen LogP contribution is -2.58. The summed E-state index contributed by atoms with van der Waals surface area (Å²) in [7, 11) is -5.80. The summed E-state index contributed by atoms with van der Waals surface area (Å²) in [5.74, 6) is -0.773. The van der Waals surface area contributed by atoms with Gasteiger partial charge in [0.1, 0.15) is 30.0 Å². The lowest BCUT2D eigenvalue weighted by Gasteiger charge is -2.38. The minimum atomic E-state index is -5.80. The average molecular weight is 756 g/mol. The zero-order valence-electron chi connectivity index (χ0n) is 28.8. The molecule has 3 amide bonds. The fraction of sp³-hybridized carbons (Fsp3) is 0.378. The van der Waals surface area contributed by atoms with E-state index in [-0.39, 0.29) is 35.2 Å². The van der Waals surface area contributed by atoms with Gasteiger partial charge in [0.15, 0.2) is 0 Å². The quantitative estimate of drug-likeness (QED) is 0.179. The van der Waals surface area contributed by atoms with Crippen molar-refractivity contribution in [2.75, 3.05) is 26.2 Å².